The highest BCUT2D eigenvalue weighted by Gasteiger charge is 2.10. The summed E-state index contributed by atoms with van der Waals surface area (Å²) in [5.74, 6) is 0.529. The molecular formula is C13H10Cl2N4. The molecule has 0 spiro atoms. The predicted molar refractivity (Wildman–Crippen MR) is 75.3 cm³/mol. The fourth-order valence-corrected chi connectivity index (χ4v) is 2.31. The molecular weight excluding hydrogens is 283 g/mol. The molecule has 0 aliphatic rings. The highest BCUT2D eigenvalue weighted by atomic mass is 35.5. The topological polar surface area (TPSA) is 52.8 Å². The molecule has 1 aromatic carbocycles. The van der Waals surface area contributed by atoms with Gasteiger partial charge in [-0.3, -0.25) is 0 Å². The number of nitrogens with zero attached hydrogens (tertiary/aromatic N) is 4. The fourth-order valence-electron chi connectivity index (χ4n) is 1.74. The van der Waals surface area contributed by atoms with Crippen LogP contribution >= 0.6 is 23.2 Å². The molecule has 19 heavy (non-hydrogen) atoms. The maximum atomic E-state index is 9.00. The van der Waals surface area contributed by atoms with Gasteiger partial charge in [-0.1, -0.05) is 23.2 Å². The zero-order valence-corrected chi connectivity index (χ0v) is 11.7. The molecule has 0 saturated heterocycles. The third-order valence-electron chi connectivity index (χ3n) is 2.49. The minimum atomic E-state index is 0.290. The van der Waals surface area contributed by atoms with Crippen LogP contribution in [0.2, 0.25) is 10.0 Å². The average Bonchev–Trinajstić information content (AvgIpc) is 2.37. The van der Waals surface area contributed by atoms with Crippen molar-refractivity contribution in [3.05, 3.63) is 51.9 Å². The van der Waals surface area contributed by atoms with Gasteiger partial charge >= 0.3 is 0 Å². The minimum Gasteiger partial charge on any atom is -0.353 e. The summed E-state index contributed by atoms with van der Waals surface area (Å²) < 4.78 is 0. The fraction of sp³-hybridized carbons (Fsp3) is 0.154. The summed E-state index contributed by atoms with van der Waals surface area (Å²) in [6.45, 7) is 0.535. The van der Waals surface area contributed by atoms with E-state index in [2.05, 4.69) is 9.97 Å². The van der Waals surface area contributed by atoms with Crippen molar-refractivity contribution in [1.29, 1.82) is 5.26 Å². The molecule has 2 aromatic rings. The van der Waals surface area contributed by atoms with Gasteiger partial charge in [0.25, 0.3) is 0 Å². The summed E-state index contributed by atoms with van der Waals surface area (Å²) in [6, 6.07) is 7.35. The molecule has 2 rings (SSSR count). The highest BCUT2D eigenvalue weighted by molar-refractivity contribution is 6.34. The third kappa shape index (κ3) is 3.34. The van der Waals surface area contributed by atoms with Gasteiger partial charge < -0.3 is 4.90 Å². The number of anilines is 1. The minimum absolute atomic E-state index is 0.290. The molecule has 1 heterocycles. The van der Waals surface area contributed by atoms with E-state index < -0.39 is 0 Å². The van der Waals surface area contributed by atoms with E-state index in [1.54, 1.807) is 12.3 Å². The molecule has 0 N–H and O–H groups in total. The summed E-state index contributed by atoms with van der Waals surface area (Å²) >= 11 is 11.9. The third-order valence-corrected chi connectivity index (χ3v) is 2.92. The molecule has 0 atom stereocenters. The Morgan fingerprint density at radius 3 is 2.42 bits per heavy atom. The van der Waals surface area contributed by atoms with Crippen molar-refractivity contribution < 1.29 is 0 Å². The lowest BCUT2D eigenvalue weighted by Gasteiger charge is -2.18. The Morgan fingerprint density at radius 1 is 1.16 bits per heavy atom. The van der Waals surface area contributed by atoms with Crippen molar-refractivity contribution in [3.8, 4) is 6.07 Å². The average molecular weight is 293 g/mol. The molecule has 96 valence electrons. The number of aromatic nitrogens is 2. The Hall–Kier alpha value is -1.83. The first-order valence-corrected chi connectivity index (χ1v) is 6.23. The second-order valence-corrected chi connectivity index (χ2v) is 4.85. The van der Waals surface area contributed by atoms with Gasteiger partial charge in [0, 0.05) is 36.0 Å². The summed E-state index contributed by atoms with van der Waals surface area (Å²) in [5.41, 5.74) is 1.23. The van der Waals surface area contributed by atoms with Crippen LogP contribution < -0.4 is 4.90 Å². The van der Waals surface area contributed by atoms with Gasteiger partial charge in [-0.25, -0.2) is 9.97 Å². The number of hydrogen-bond donors (Lipinski definition) is 0. The van der Waals surface area contributed by atoms with E-state index in [4.69, 9.17) is 28.5 Å². The zero-order chi connectivity index (χ0) is 13.8. The van der Waals surface area contributed by atoms with Crippen LogP contribution in [0.15, 0.2) is 30.6 Å². The van der Waals surface area contributed by atoms with Crippen molar-refractivity contribution in [2.24, 2.45) is 0 Å². The van der Waals surface area contributed by atoms with Crippen molar-refractivity contribution in [1.82, 2.24) is 9.97 Å². The van der Waals surface area contributed by atoms with E-state index >= 15 is 0 Å². The van der Waals surface area contributed by atoms with E-state index in [0.717, 1.165) is 5.56 Å². The normalized spacial score (nSPS) is 10.0. The molecule has 0 aliphatic heterocycles. The van der Waals surface area contributed by atoms with Crippen LogP contribution in [-0.4, -0.2) is 17.0 Å². The van der Waals surface area contributed by atoms with Gasteiger partial charge in [0.2, 0.25) is 0 Å². The second-order valence-electron chi connectivity index (χ2n) is 3.97. The first-order valence-electron chi connectivity index (χ1n) is 5.47. The van der Waals surface area contributed by atoms with Gasteiger partial charge in [0.05, 0.1) is 0 Å². The number of nitriles is 1. The predicted octanol–water partition coefficient (Wildman–Crippen LogP) is 3.29. The van der Waals surface area contributed by atoms with Crippen molar-refractivity contribution in [2.45, 2.75) is 6.54 Å². The van der Waals surface area contributed by atoms with Crippen LogP contribution in [0.3, 0.4) is 0 Å². The van der Waals surface area contributed by atoms with Crippen LogP contribution in [0.4, 0.5) is 5.82 Å². The number of halogens is 2. The Labute approximate surface area is 121 Å². The van der Waals surface area contributed by atoms with E-state index in [9.17, 15) is 0 Å². The van der Waals surface area contributed by atoms with E-state index in [-0.39, 0.29) is 5.69 Å². The second kappa shape index (κ2) is 5.87. The Morgan fingerprint density at radius 2 is 1.79 bits per heavy atom. The van der Waals surface area contributed by atoms with Crippen molar-refractivity contribution in [3.63, 3.8) is 0 Å². The monoisotopic (exact) mass is 292 g/mol. The Balaban J connectivity index is 2.26. The lowest BCUT2D eigenvalue weighted by Crippen LogP contribution is -2.19. The van der Waals surface area contributed by atoms with Crippen LogP contribution in [0.25, 0.3) is 0 Å². The van der Waals surface area contributed by atoms with Crippen LogP contribution in [0, 0.1) is 11.3 Å². The molecule has 0 fully saturated rings. The van der Waals surface area contributed by atoms with E-state index in [1.165, 1.54) is 6.20 Å². The maximum absolute atomic E-state index is 9.00. The maximum Gasteiger partial charge on any atom is 0.183 e. The van der Waals surface area contributed by atoms with Crippen LogP contribution in [0.1, 0.15) is 11.3 Å². The van der Waals surface area contributed by atoms with Crippen molar-refractivity contribution in [2.75, 3.05) is 11.9 Å². The molecule has 0 amide bonds. The smallest absolute Gasteiger partial charge is 0.183 e. The zero-order valence-electron chi connectivity index (χ0n) is 10.1. The SMILES string of the molecule is CN(Cc1cc(Cl)cc(Cl)c1)c1nccnc1C#N. The molecule has 0 saturated carbocycles. The van der Waals surface area contributed by atoms with Gasteiger partial charge in [-0.05, 0) is 23.8 Å². The summed E-state index contributed by atoms with van der Waals surface area (Å²) in [5, 5.41) is 10.2. The van der Waals surface area contributed by atoms with E-state index in [0.29, 0.717) is 22.4 Å². The quantitative estimate of drug-likeness (QED) is 0.871. The molecule has 0 radical (unpaired) electrons. The first kappa shape index (κ1) is 13.6. The summed E-state index contributed by atoms with van der Waals surface area (Å²) in [4.78, 5) is 9.97. The lowest BCUT2D eigenvalue weighted by molar-refractivity contribution is 0.885. The largest absolute Gasteiger partial charge is 0.353 e. The van der Waals surface area contributed by atoms with Crippen LogP contribution in [-0.2, 0) is 6.54 Å². The van der Waals surface area contributed by atoms with Crippen LogP contribution in [0.5, 0.6) is 0 Å². The van der Waals surface area contributed by atoms with Gasteiger partial charge in [0.15, 0.2) is 11.5 Å². The Bertz CT molecular complexity index is 617. The Kier molecular flexibility index (Phi) is 4.20. The molecule has 0 bridgehead atoms. The van der Waals surface area contributed by atoms with Gasteiger partial charge in [-0.15, -0.1) is 0 Å². The van der Waals surface area contributed by atoms with Gasteiger partial charge in [0.1, 0.15) is 6.07 Å². The number of rotatable bonds is 3. The molecule has 1 aromatic heterocycles. The molecule has 0 aliphatic carbocycles. The standard InChI is InChI=1S/C13H10Cl2N4/c1-19(13-12(7-16)17-2-3-18-13)8-9-4-10(14)6-11(15)5-9/h2-6H,8H2,1H3. The lowest BCUT2D eigenvalue weighted by atomic mass is 10.2. The van der Waals surface area contributed by atoms with Gasteiger partial charge in [-0.2, -0.15) is 5.26 Å². The highest BCUT2D eigenvalue weighted by Crippen LogP contribution is 2.21. The summed E-state index contributed by atoms with van der Waals surface area (Å²) in [7, 11) is 1.83. The first-order chi connectivity index (χ1) is 9.10. The molecule has 4 nitrogen and oxygen atoms in total. The number of benzene rings is 1. The number of hydrogen-bond acceptors (Lipinski definition) is 4. The van der Waals surface area contributed by atoms with Crippen molar-refractivity contribution >= 4 is 29.0 Å². The molecule has 0 unspecified atom stereocenters. The van der Waals surface area contributed by atoms with E-state index in [1.807, 2.05) is 30.1 Å². The summed E-state index contributed by atoms with van der Waals surface area (Å²) in [6.07, 6.45) is 3.05. The molecule has 6 heteroatoms.